The number of likely N-dealkylation sites (N-methyl/N-ethyl adjacent to an activating group) is 1. The topological polar surface area (TPSA) is 78.4 Å². The lowest BCUT2D eigenvalue weighted by molar-refractivity contribution is -0.156. The lowest BCUT2D eigenvalue weighted by atomic mass is 10.3. The number of rotatable bonds is 4. The maximum Gasteiger partial charge on any atom is 0.312 e. The van der Waals surface area contributed by atoms with Crippen molar-refractivity contribution in [3.63, 3.8) is 0 Å². The normalized spacial score (nSPS) is 15.8. The van der Waals surface area contributed by atoms with Crippen molar-refractivity contribution in [1.82, 2.24) is 19.8 Å². The molecule has 0 bridgehead atoms. The van der Waals surface area contributed by atoms with Crippen molar-refractivity contribution in [2.24, 2.45) is 0 Å². The minimum atomic E-state index is -0.478. The Morgan fingerprint density at radius 1 is 1.20 bits per heavy atom. The van der Waals surface area contributed by atoms with E-state index >= 15 is 0 Å². The fraction of sp³-hybridized carbons (Fsp3) is 0.538. The molecular formula is C13H19N5O2. The van der Waals surface area contributed by atoms with Gasteiger partial charge in [-0.3, -0.25) is 9.59 Å². The Hall–Kier alpha value is -2.18. The number of hydrogen-bond donors (Lipinski definition) is 1. The zero-order valence-electron chi connectivity index (χ0n) is 12.0. The summed E-state index contributed by atoms with van der Waals surface area (Å²) in [6.07, 6.45) is 0. The molecule has 1 aromatic rings. The fourth-order valence-corrected chi connectivity index (χ4v) is 2.17. The van der Waals surface area contributed by atoms with Gasteiger partial charge in [0.1, 0.15) is 11.6 Å². The molecule has 0 saturated carbocycles. The summed E-state index contributed by atoms with van der Waals surface area (Å²) in [6.45, 7) is 5.63. The smallest absolute Gasteiger partial charge is 0.312 e. The molecule has 1 N–H and O–H groups in total. The molecule has 108 valence electrons. The van der Waals surface area contributed by atoms with E-state index in [2.05, 4.69) is 15.3 Å². The molecule has 0 aromatic carbocycles. The van der Waals surface area contributed by atoms with Gasteiger partial charge in [-0.25, -0.2) is 9.97 Å². The third-order valence-electron chi connectivity index (χ3n) is 3.27. The molecule has 2 amide bonds. The van der Waals surface area contributed by atoms with Gasteiger partial charge in [0.15, 0.2) is 0 Å². The Balaban J connectivity index is 2.12. The van der Waals surface area contributed by atoms with Crippen molar-refractivity contribution < 1.29 is 9.59 Å². The van der Waals surface area contributed by atoms with E-state index in [-0.39, 0.29) is 6.54 Å². The number of piperazine rings is 1. The van der Waals surface area contributed by atoms with Gasteiger partial charge in [0.25, 0.3) is 0 Å². The first-order valence-corrected chi connectivity index (χ1v) is 6.65. The van der Waals surface area contributed by atoms with Gasteiger partial charge >= 0.3 is 11.8 Å². The molecule has 0 spiro atoms. The number of nitrogens with zero attached hydrogens (tertiary/aromatic N) is 4. The van der Waals surface area contributed by atoms with Gasteiger partial charge in [-0.2, -0.15) is 0 Å². The van der Waals surface area contributed by atoms with Crippen LogP contribution in [0, 0.1) is 6.92 Å². The highest BCUT2D eigenvalue weighted by molar-refractivity contribution is 6.35. The Bertz CT molecular complexity index is 531. The predicted molar refractivity (Wildman–Crippen MR) is 74.0 cm³/mol. The van der Waals surface area contributed by atoms with Crippen LogP contribution in [0.4, 0.5) is 5.82 Å². The van der Waals surface area contributed by atoms with Crippen LogP contribution in [-0.4, -0.2) is 58.3 Å². The summed E-state index contributed by atoms with van der Waals surface area (Å²) < 4.78 is 0. The summed E-state index contributed by atoms with van der Waals surface area (Å²) in [5.74, 6) is 0.327. The molecule has 20 heavy (non-hydrogen) atoms. The van der Waals surface area contributed by atoms with Crippen molar-refractivity contribution in [1.29, 1.82) is 0 Å². The maximum absolute atomic E-state index is 12.0. The van der Waals surface area contributed by atoms with Gasteiger partial charge in [-0.15, -0.1) is 0 Å². The third-order valence-corrected chi connectivity index (χ3v) is 3.27. The van der Waals surface area contributed by atoms with Crippen molar-refractivity contribution in [3.05, 3.63) is 17.6 Å². The number of amides is 2. The Kier molecular flexibility index (Phi) is 4.16. The van der Waals surface area contributed by atoms with Gasteiger partial charge in [0.05, 0.1) is 6.54 Å². The Morgan fingerprint density at radius 2 is 1.85 bits per heavy atom. The van der Waals surface area contributed by atoms with E-state index in [4.69, 9.17) is 0 Å². The van der Waals surface area contributed by atoms with Crippen LogP contribution in [0.25, 0.3) is 0 Å². The first kappa shape index (κ1) is 14.2. The second-order valence-electron chi connectivity index (χ2n) is 4.67. The van der Waals surface area contributed by atoms with Crippen LogP contribution >= 0.6 is 0 Å². The highest BCUT2D eigenvalue weighted by atomic mass is 16.2. The molecule has 2 heterocycles. The molecule has 7 heteroatoms. The molecule has 0 aliphatic carbocycles. The number of anilines is 1. The summed E-state index contributed by atoms with van der Waals surface area (Å²) in [5, 5.41) is 2.95. The number of aromatic nitrogens is 2. The average molecular weight is 277 g/mol. The summed E-state index contributed by atoms with van der Waals surface area (Å²) in [6, 6.07) is 1.82. The third kappa shape index (κ3) is 2.87. The molecule has 1 aromatic heterocycles. The predicted octanol–water partition coefficient (Wildman–Crippen LogP) is 0.0174. The number of aryl methyl sites for hydroxylation is 1. The number of carbonyl (C=O) groups is 2. The van der Waals surface area contributed by atoms with Crippen LogP contribution in [-0.2, 0) is 16.1 Å². The summed E-state index contributed by atoms with van der Waals surface area (Å²) in [5.41, 5.74) is 0.824. The van der Waals surface area contributed by atoms with Crippen molar-refractivity contribution >= 4 is 17.6 Å². The van der Waals surface area contributed by atoms with Gasteiger partial charge in [-0.05, 0) is 13.8 Å². The molecule has 1 aliphatic rings. The first-order chi connectivity index (χ1) is 9.55. The van der Waals surface area contributed by atoms with Gasteiger partial charge in [0, 0.05) is 38.4 Å². The quantitative estimate of drug-likeness (QED) is 0.785. The first-order valence-electron chi connectivity index (χ1n) is 6.65. The fourth-order valence-electron chi connectivity index (χ4n) is 2.17. The second kappa shape index (κ2) is 5.85. The van der Waals surface area contributed by atoms with Crippen LogP contribution < -0.4 is 5.32 Å². The molecule has 1 aliphatic heterocycles. The highest BCUT2D eigenvalue weighted by Gasteiger charge is 2.31. The lowest BCUT2D eigenvalue weighted by Crippen LogP contribution is -2.53. The monoisotopic (exact) mass is 277 g/mol. The van der Waals surface area contributed by atoms with Gasteiger partial charge in [0.2, 0.25) is 0 Å². The van der Waals surface area contributed by atoms with Crippen molar-refractivity contribution in [2.75, 3.05) is 32.0 Å². The van der Waals surface area contributed by atoms with Crippen molar-refractivity contribution in [2.45, 2.75) is 20.4 Å². The summed E-state index contributed by atoms with van der Waals surface area (Å²) >= 11 is 0. The largest absolute Gasteiger partial charge is 0.373 e. The summed E-state index contributed by atoms with van der Waals surface area (Å²) in [7, 11) is 1.78. The van der Waals surface area contributed by atoms with E-state index in [1.54, 1.807) is 11.9 Å². The zero-order valence-corrected chi connectivity index (χ0v) is 12.0. The second-order valence-corrected chi connectivity index (χ2v) is 4.67. The average Bonchev–Trinajstić information content (AvgIpc) is 2.43. The molecule has 1 saturated heterocycles. The van der Waals surface area contributed by atoms with E-state index in [1.165, 1.54) is 4.90 Å². The van der Waals surface area contributed by atoms with E-state index in [0.717, 1.165) is 5.69 Å². The van der Waals surface area contributed by atoms with E-state index < -0.39 is 11.8 Å². The Labute approximate surface area is 118 Å². The molecule has 0 radical (unpaired) electrons. The van der Waals surface area contributed by atoms with Crippen LogP contribution in [0.1, 0.15) is 18.4 Å². The van der Waals surface area contributed by atoms with E-state index in [0.29, 0.717) is 31.3 Å². The van der Waals surface area contributed by atoms with E-state index in [1.807, 2.05) is 19.9 Å². The molecule has 0 atom stereocenters. The standard InChI is InChI=1S/C13H19N5O2/c1-4-17-5-6-18(13(20)12(17)19)8-11-15-9(2)7-10(14-3)16-11/h7H,4-6,8H2,1-3H3,(H,14,15,16). The number of carbonyl (C=O) groups excluding carboxylic acids is 2. The Morgan fingerprint density at radius 3 is 2.50 bits per heavy atom. The van der Waals surface area contributed by atoms with Crippen molar-refractivity contribution in [3.8, 4) is 0 Å². The van der Waals surface area contributed by atoms with Crippen LogP contribution in [0.5, 0.6) is 0 Å². The zero-order chi connectivity index (χ0) is 14.7. The summed E-state index contributed by atoms with van der Waals surface area (Å²) in [4.78, 5) is 35.5. The molecule has 7 nitrogen and oxygen atoms in total. The lowest BCUT2D eigenvalue weighted by Gasteiger charge is -2.32. The number of nitrogens with one attached hydrogen (secondary N) is 1. The SMILES string of the molecule is CCN1CCN(Cc2nc(C)cc(NC)n2)C(=O)C1=O. The minimum absolute atomic E-state index is 0.262. The van der Waals surface area contributed by atoms with Gasteiger partial charge in [-0.1, -0.05) is 0 Å². The minimum Gasteiger partial charge on any atom is -0.373 e. The van der Waals surface area contributed by atoms with Crippen LogP contribution in [0.3, 0.4) is 0 Å². The number of hydrogen-bond acceptors (Lipinski definition) is 5. The molecular weight excluding hydrogens is 258 g/mol. The highest BCUT2D eigenvalue weighted by Crippen LogP contribution is 2.11. The maximum atomic E-state index is 12.0. The van der Waals surface area contributed by atoms with Crippen LogP contribution in [0.15, 0.2) is 6.07 Å². The van der Waals surface area contributed by atoms with Gasteiger partial charge < -0.3 is 15.1 Å². The van der Waals surface area contributed by atoms with E-state index in [9.17, 15) is 9.59 Å². The molecule has 2 rings (SSSR count). The van der Waals surface area contributed by atoms with Crippen LogP contribution in [0.2, 0.25) is 0 Å². The molecule has 0 unspecified atom stereocenters. The molecule has 1 fully saturated rings.